The minimum absolute atomic E-state index is 0.170. The lowest BCUT2D eigenvalue weighted by molar-refractivity contribution is 0.415. The van der Waals surface area contributed by atoms with Crippen molar-refractivity contribution in [2.75, 3.05) is 12.8 Å². The Morgan fingerprint density at radius 3 is 2.82 bits per heavy atom. The smallest absolute Gasteiger partial charge is 0.292 e. The van der Waals surface area contributed by atoms with Gasteiger partial charge in [-0.1, -0.05) is 18.5 Å². The second-order valence-electron chi connectivity index (χ2n) is 3.53. The Labute approximate surface area is 104 Å². The van der Waals surface area contributed by atoms with Crippen molar-refractivity contribution < 1.29 is 9.15 Å². The zero-order chi connectivity index (χ0) is 12.4. The van der Waals surface area contributed by atoms with Crippen molar-refractivity contribution in [2.24, 2.45) is 0 Å². The fourth-order valence-corrected chi connectivity index (χ4v) is 1.90. The van der Waals surface area contributed by atoms with Crippen LogP contribution in [-0.4, -0.2) is 12.1 Å². The van der Waals surface area contributed by atoms with E-state index in [1.165, 1.54) is 0 Å². The second-order valence-corrected chi connectivity index (χ2v) is 3.94. The van der Waals surface area contributed by atoms with E-state index in [0.29, 0.717) is 16.5 Å². The molecule has 0 saturated heterocycles. The van der Waals surface area contributed by atoms with E-state index in [4.69, 9.17) is 26.5 Å². The van der Waals surface area contributed by atoms with E-state index in [1.807, 2.05) is 13.0 Å². The molecule has 5 heteroatoms. The number of rotatable bonds is 3. The lowest BCUT2D eigenvalue weighted by atomic mass is 10.1. The number of aryl methyl sites for hydroxylation is 1. The predicted octanol–water partition coefficient (Wildman–Crippen LogP) is 3.15. The average Bonchev–Trinajstić information content (AvgIpc) is 2.70. The molecule has 2 rings (SSSR count). The predicted molar refractivity (Wildman–Crippen MR) is 67.3 cm³/mol. The molecule has 17 heavy (non-hydrogen) atoms. The SMILES string of the molecule is CCc1nc(N)oc1-c1ccc(OC)c(Cl)c1. The molecule has 1 aromatic heterocycles. The summed E-state index contributed by atoms with van der Waals surface area (Å²) in [7, 11) is 1.57. The van der Waals surface area contributed by atoms with Crippen LogP contribution in [0.3, 0.4) is 0 Å². The normalized spacial score (nSPS) is 10.5. The third-order valence-corrected chi connectivity index (χ3v) is 2.76. The van der Waals surface area contributed by atoms with Gasteiger partial charge in [-0.05, 0) is 24.6 Å². The van der Waals surface area contributed by atoms with Gasteiger partial charge in [-0.15, -0.1) is 0 Å². The summed E-state index contributed by atoms with van der Waals surface area (Å²) in [5, 5.41) is 0.530. The minimum Gasteiger partial charge on any atom is -0.495 e. The molecule has 0 unspecified atom stereocenters. The van der Waals surface area contributed by atoms with E-state index in [9.17, 15) is 0 Å². The molecular weight excluding hydrogens is 240 g/mol. The number of hydrogen-bond donors (Lipinski definition) is 1. The maximum Gasteiger partial charge on any atom is 0.292 e. The Morgan fingerprint density at radius 2 is 2.24 bits per heavy atom. The molecule has 0 aliphatic heterocycles. The largest absolute Gasteiger partial charge is 0.495 e. The van der Waals surface area contributed by atoms with Crippen molar-refractivity contribution in [3.8, 4) is 17.1 Å². The van der Waals surface area contributed by atoms with Gasteiger partial charge in [0.25, 0.3) is 6.01 Å². The molecule has 0 saturated carbocycles. The molecule has 1 heterocycles. The molecule has 0 atom stereocenters. The van der Waals surface area contributed by atoms with Gasteiger partial charge in [-0.2, -0.15) is 4.98 Å². The van der Waals surface area contributed by atoms with Crippen molar-refractivity contribution in [2.45, 2.75) is 13.3 Å². The van der Waals surface area contributed by atoms with Gasteiger partial charge >= 0.3 is 0 Å². The number of benzene rings is 1. The first-order chi connectivity index (χ1) is 8.15. The third kappa shape index (κ3) is 2.22. The summed E-state index contributed by atoms with van der Waals surface area (Å²) in [6.07, 6.45) is 0.750. The highest BCUT2D eigenvalue weighted by Gasteiger charge is 2.13. The number of nitrogens with two attached hydrogens (primary N) is 1. The van der Waals surface area contributed by atoms with Crippen LogP contribution in [0.5, 0.6) is 5.75 Å². The first-order valence-electron chi connectivity index (χ1n) is 5.24. The molecule has 2 aromatic rings. The van der Waals surface area contributed by atoms with Gasteiger partial charge in [-0.3, -0.25) is 0 Å². The van der Waals surface area contributed by atoms with Crippen LogP contribution in [0, 0.1) is 0 Å². The summed E-state index contributed by atoms with van der Waals surface area (Å²) >= 11 is 6.06. The topological polar surface area (TPSA) is 61.3 Å². The fraction of sp³-hybridized carbons (Fsp3) is 0.250. The molecule has 0 radical (unpaired) electrons. The summed E-state index contributed by atoms with van der Waals surface area (Å²) in [5.74, 6) is 1.29. The van der Waals surface area contributed by atoms with E-state index < -0.39 is 0 Å². The van der Waals surface area contributed by atoms with Crippen LogP contribution in [0.4, 0.5) is 6.01 Å². The van der Waals surface area contributed by atoms with Crippen LogP contribution in [0.1, 0.15) is 12.6 Å². The van der Waals surface area contributed by atoms with Crippen LogP contribution in [0.2, 0.25) is 5.02 Å². The van der Waals surface area contributed by atoms with Gasteiger partial charge in [0, 0.05) is 5.56 Å². The maximum absolute atomic E-state index is 6.06. The Morgan fingerprint density at radius 1 is 1.47 bits per heavy atom. The van der Waals surface area contributed by atoms with Crippen molar-refractivity contribution in [1.82, 2.24) is 4.98 Å². The van der Waals surface area contributed by atoms with Crippen LogP contribution < -0.4 is 10.5 Å². The number of anilines is 1. The summed E-state index contributed by atoms with van der Waals surface area (Å²) in [5.41, 5.74) is 7.22. The van der Waals surface area contributed by atoms with Crippen LogP contribution in [0.25, 0.3) is 11.3 Å². The highest BCUT2D eigenvalue weighted by Crippen LogP contribution is 2.32. The van der Waals surface area contributed by atoms with E-state index in [1.54, 1.807) is 19.2 Å². The first-order valence-corrected chi connectivity index (χ1v) is 5.62. The number of oxazole rings is 1. The Hall–Kier alpha value is -1.68. The van der Waals surface area contributed by atoms with Crippen molar-refractivity contribution in [3.05, 3.63) is 28.9 Å². The highest BCUT2D eigenvalue weighted by molar-refractivity contribution is 6.32. The molecular formula is C12H13ClN2O2. The molecule has 0 amide bonds. The van der Waals surface area contributed by atoms with Gasteiger partial charge in [0.05, 0.1) is 17.8 Å². The lowest BCUT2D eigenvalue weighted by Crippen LogP contribution is -1.87. The van der Waals surface area contributed by atoms with Crippen molar-refractivity contribution in [3.63, 3.8) is 0 Å². The summed E-state index contributed by atoms with van der Waals surface area (Å²) in [4.78, 5) is 4.11. The Kier molecular flexibility index (Phi) is 3.24. The number of aromatic nitrogens is 1. The zero-order valence-corrected chi connectivity index (χ0v) is 10.4. The number of halogens is 1. The summed E-state index contributed by atoms with van der Waals surface area (Å²) in [6, 6.07) is 5.60. The number of hydrogen-bond acceptors (Lipinski definition) is 4. The van der Waals surface area contributed by atoms with E-state index >= 15 is 0 Å². The number of nitrogen functional groups attached to an aromatic ring is 1. The fourth-order valence-electron chi connectivity index (χ4n) is 1.64. The minimum atomic E-state index is 0.170. The second kappa shape index (κ2) is 4.67. The molecule has 4 nitrogen and oxygen atoms in total. The molecule has 0 spiro atoms. The lowest BCUT2D eigenvalue weighted by Gasteiger charge is -2.04. The molecule has 0 fully saturated rings. The van der Waals surface area contributed by atoms with Gasteiger partial charge in [0.1, 0.15) is 5.75 Å². The van der Waals surface area contributed by atoms with Crippen LogP contribution >= 0.6 is 11.6 Å². The van der Waals surface area contributed by atoms with E-state index in [0.717, 1.165) is 17.7 Å². The van der Waals surface area contributed by atoms with Gasteiger partial charge < -0.3 is 14.9 Å². The molecule has 1 aromatic carbocycles. The standard InChI is InChI=1S/C12H13ClN2O2/c1-3-9-11(17-12(14)15-9)7-4-5-10(16-2)8(13)6-7/h4-6H,3H2,1-2H3,(H2,14,15). The monoisotopic (exact) mass is 252 g/mol. The molecule has 0 aliphatic carbocycles. The van der Waals surface area contributed by atoms with Crippen LogP contribution in [-0.2, 0) is 6.42 Å². The van der Waals surface area contributed by atoms with Gasteiger partial charge in [0.2, 0.25) is 0 Å². The number of methoxy groups -OCH3 is 1. The average molecular weight is 253 g/mol. The van der Waals surface area contributed by atoms with E-state index in [2.05, 4.69) is 4.98 Å². The van der Waals surface area contributed by atoms with Gasteiger partial charge in [0.15, 0.2) is 5.76 Å². The van der Waals surface area contributed by atoms with Crippen molar-refractivity contribution >= 4 is 17.6 Å². The first kappa shape index (κ1) is 11.8. The zero-order valence-electron chi connectivity index (χ0n) is 9.66. The maximum atomic E-state index is 6.06. The Bertz CT molecular complexity index is 537. The highest BCUT2D eigenvalue weighted by atomic mass is 35.5. The summed E-state index contributed by atoms with van der Waals surface area (Å²) < 4.78 is 10.5. The van der Waals surface area contributed by atoms with Crippen LogP contribution in [0.15, 0.2) is 22.6 Å². The third-order valence-electron chi connectivity index (χ3n) is 2.46. The molecule has 0 bridgehead atoms. The van der Waals surface area contributed by atoms with Crippen molar-refractivity contribution in [1.29, 1.82) is 0 Å². The number of nitrogens with zero attached hydrogens (tertiary/aromatic N) is 1. The van der Waals surface area contributed by atoms with E-state index in [-0.39, 0.29) is 6.01 Å². The summed E-state index contributed by atoms with van der Waals surface area (Å²) in [6.45, 7) is 1.99. The molecule has 0 aliphatic rings. The Balaban J connectivity index is 2.49. The molecule has 90 valence electrons. The number of ether oxygens (including phenoxy) is 1. The molecule has 2 N–H and O–H groups in total. The quantitative estimate of drug-likeness (QED) is 0.912. The van der Waals surface area contributed by atoms with Gasteiger partial charge in [-0.25, -0.2) is 0 Å².